The molecule has 0 aliphatic heterocycles. The van der Waals surface area contributed by atoms with Gasteiger partial charge in [0.2, 0.25) is 11.8 Å². The number of benzene rings is 3. The summed E-state index contributed by atoms with van der Waals surface area (Å²) < 4.78 is 29.0. The molecule has 0 fully saturated rings. The van der Waals surface area contributed by atoms with Crippen LogP contribution in [-0.2, 0) is 26.2 Å². The van der Waals surface area contributed by atoms with Crippen LogP contribution in [0.25, 0.3) is 0 Å². The van der Waals surface area contributed by atoms with E-state index in [9.17, 15) is 18.0 Å². The highest BCUT2D eigenvalue weighted by Crippen LogP contribution is 2.30. The van der Waals surface area contributed by atoms with E-state index < -0.39 is 28.5 Å². The summed E-state index contributed by atoms with van der Waals surface area (Å²) in [6.07, 6.45) is 0.317. The van der Waals surface area contributed by atoms with Crippen LogP contribution in [0.2, 0.25) is 10.0 Å². The molecule has 10 heteroatoms. The molecule has 39 heavy (non-hydrogen) atoms. The lowest BCUT2D eigenvalue weighted by Crippen LogP contribution is -2.52. The zero-order valence-electron chi connectivity index (χ0n) is 22.4. The number of sulfonamides is 1. The molecule has 3 rings (SSSR count). The van der Waals surface area contributed by atoms with Gasteiger partial charge >= 0.3 is 0 Å². The van der Waals surface area contributed by atoms with Crippen molar-refractivity contribution in [1.29, 1.82) is 0 Å². The number of carbonyl (C=O) groups is 2. The van der Waals surface area contributed by atoms with Crippen LogP contribution in [0.15, 0.2) is 71.6 Å². The predicted molar refractivity (Wildman–Crippen MR) is 157 cm³/mol. The molecule has 0 bridgehead atoms. The first-order chi connectivity index (χ1) is 18.5. The minimum atomic E-state index is -4.13. The quantitative estimate of drug-likeness (QED) is 0.308. The van der Waals surface area contributed by atoms with Gasteiger partial charge < -0.3 is 10.2 Å². The number of rotatable bonds is 11. The molecule has 0 spiro atoms. The van der Waals surface area contributed by atoms with Crippen molar-refractivity contribution < 1.29 is 18.0 Å². The number of halogens is 2. The van der Waals surface area contributed by atoms with Gasteiger partial charge in [0, 0.05) is 23.1 Å². The van der Waals surface area contributed by atoms with Crippen LogP contribution in [0.1, 0.15) is 37.0 Å². The summed E-state index contributed by atoms with van der Waals surface area (Å²) in [4.78, 5) is 28.5. The fourth-order valence-corrected chi connectivity index (χ4v) is 6.24. The third-order valence-corrected chi connectivity index (χ3v) is 8.91. The van der Waals surface area contributed by atoms with Crippen molar-refractivity contribution >= 4 is 50.7 Å². The molecule has 3 aromatic rings. The molecule has 0 saturated carbocycles. The van der Waals surface area contributed by atoms with Crippen molar-refractivity contribution in [3.63, 3.8) is 0 Å². The van der Waals surface area contributed by atoms with Gasteiger partial charge in [0.15, 0.2) is 0 Å². The number of likely N-dealkylation sites (N-methyl/N-ethyl adjacent to an activating group) is 1. The van der Waals surface area contributed by atoms with E-state index in [0.29, 0.717) is 34.3 Å². The topological polar surface area (TPSA) is 86.8 Å². The molecular weight excluding hydrogens is 557 g/mol. The minimum Gasteiger partial charge on any atom is -0.355 e. The number of hydrogen-bond acceptors (Lipinski definition) is 4. The molecule has 0 aromatic heterocycles. The second-order valence-corrected chi connectivity index (χ2v) is 11.8. The number of amides is 2. The molecular formula is C29H33Cl2N3O4S. The first-order valence-electron chi connectivity index (χ1n) is 12.7. The molecule has 1 unspecified atom stereocenters. The summed E-state index contributed by atoms with van der Waals surface area (Å²) in [7, 11) is -4.13. The van der Waals surface area contributed by atoms with Gasteiger partial charge in [-0.2, -0.15) is 0 Å². The summed E-state index contributed by atoms with van der Waals surface area (Å²) in [5.74, 6) is -0.873. The second-order valence-electron chi connectivity index (χ2n) is 9.12. The van der Waals surface area contributed by atoms with E-state index in [4.69, 9.17) is 23.2 Å². The summed E-state index contributed by atoms with van der Waals surface area (Å²) >= 11 is 12.5. The van der Waals surface area contributed by atoms with Crippen LogP contribution in [0.5, 0.6) is 0 Å². The van der Waals surface area contributed by atoms with Crippen molar-refractivity contribution in [2.75, 3.05) is 17.4 Å². The molecule has 1 N–H and O–H groups in total. The molecule has 3 aromatic carbocycles. The van der Waals surface area contributed by atoms with E-state index in [1.807, 2.05) is 19.9 Å². The molecule has 2 amide bonds. The first-order valence-corrected chi connectivity index (χ1v) is 14.9. The van der Waals surface area contributed by atoms with E-state index in [0.717, 1.165) is 15.4 Å². The van der Waals surface area contributed by atoms with Crippen molar-refractivity contribution in [3.8, 4) is 0 Å². The van der Waals surface area contributed by atoms with E-state index >= 15 is 0 Å². The molecule has 1 atom stereocenters. The average molecular weight is 591 g/mol. The maximum atomic E-state index is 14.1. The van der Waals surface area contributed by atoms with Gasteiger partial charge in [-0.15, -0.1) is 0 Å². The number of hydrogen-bond donors (Lipinski definition) is 1. The largest absolute Gasteiger partial charge is 0.355 e. The Balaban J connectivity index is 2.11. The van der Waals surface area contributed by atoms with Crippen LogP contribution in [0.3, 0.4) is 0 Å². The smallest absolute Gasteiger partial charge is 0.264 e. The van der Waals surface area contributed by atoms with Crippen molar-refractivity contribution in [2.24, 2.45) is 0 Å². The monoisotopic (exact) mass is 589 g/mol. The Morgan fingerprint density at radius 3 is 2.26 bits per heavy atom. The van der Waals surface area contributed by atoms with Gasteiger partial charge in [-0.05, 0) is 74.2 Å². The van der Waals surface area contributed by atoms with Gasteiger partial charge in [-0.25, -0.2) is 8.42 Å². The fourth-order valence-electron chi connectivity index (χ4n) is 4.28. The molecule has 0 radical (unpaired) electrons. The van der Waals surface area contributed by atoms with Gasteiger partial charge in [-0.1, -0.05) is 66.5 Å². The molecule has 0 heterocycles. The Morgan fingerprint density at radius 2 is 1.64 bits per heavy atom. The molecule has 7 nitrogen and oxygen atoms in total. The maximum Gasteiger partial charge on any atom is 0.264 e. The Morgan fingerprint density at radius 1 is 0.949 bits per heavy atom. The van der Waals surface area contributed by atoms with Gasteiger partial charge in [0.1, 0.15) is 12.6 Å². The summed E-state index contributed by atoms with van der Waals surface area (Å²) in [5, 5.41) is 3.56. The zero-order chi connectivity index (χ0) is 28.7. The Labute approximate surface area is 240 Å². The normalized spacial score (nSPS) is 12.1. The lowest BCUT2D eigenvalue weighted by molar-refractivity contribution is -0.140. The van der Waals surface area contributed by atoms with Crippen LogP contribution >= 0.6 is 23.2 Å². The minimum absolute atomic E-state index is 0.00347. The summed E-state index contributed by atoms with van der Waals surface area (Å²) in [5.41, 5.74) is 2.59. The van der Waals surface area contributed by atoms with Crippen LogP contribution in [0.4, 0.5) is 5.69 Å². The average Bonchev–Trinajstić information content (AvgIpc) is 2.90. The van der Waals surface area contributed by atoms with Gasteiger partial charge in [-0.3, -0.25) is 13.9 Å². The predicted octanol–water partition coefficient (Wildman–Crippen LogP) is 5.75. The number of anilines is 1. The maximum absolute atomic E-state index is 14.1. The first kappa shape index (κ1) is 30.5. The highest BCUT2D eigenvalue weighted by Gasteiger charge is 2.34. The third kappa shape index (κ3) is 7.12. The highest BCUT2D eigenvalue weighted by atomic mass is 35.5. The number of carbonyl (C=O) groups excluding carboxylic acids is 2. The van der Waals surface area contributed by atoms with Gasteiger partial charge in [0.25, 0.3) is 10.0 Å². The third-order valence-electron chi connectivity index (χ3n) is 6.55. The molecule has 0 saturated heterocycles. The summed E-state index contributed by atoms with van der Waals surface area (Å²) in [6, 6.07) is 17.4. The van der Waals surface area contributed by atoms with E-state index in [2.05, 4.69) is 5.32 Å². The second kappa shape index (κ2) is 13.3. The fraction of sp³-hybridized carbons (Fsp3) is 0.310. The molecule has 208 valence electrons. The SMILES string of the molecule is CCNC(=O)C(CC)N(Cc1ccc(Cl)cc1Cl)C(=O)CN(c1cccc(C)c1C)S(=O)(=O)c1ccccc1. The zero-order valence-corrected chi connectivity index (χ0v) is 24.8. The van der Waals surface area contributed by atoms with Crippen LogP contribution in [-0.4, -0.2) is 44.3 Å². The van der Waals surface area contributed by atoms with E-state index in [1.54, 1.807) is 62.4 Å². The van der Waals surface area contributed by atoms with Crippen molar-refractivity contribution in [3.05, 3.63) is 93.5 Å². The van der Waals surface area contributed by atoms with Crippen LogP contribution < -0.4 is 9.62 Å². The van der Waals surface area contributed by atoms with Crippen LogP contribution in [0, 0.1) is 13.8 Å². The lowest BCUT2D eigenvalue weighted by atomic mass is 10.1. The van der Waals surface area contributed by atoms with Crippen molar-refractivity contribution in [1.82, 2.24) is 10.2 Å². The van der Waals surface area contributed by atoms with E-state index in [-0.39, 0.29) is 17.3 Å². The molecule has 0 aliphatic carbocycles. The summed E-state index contributed by atoms with van der Waals surface area (Å²) in [6.45, 7) is 7.16. The number of aryl methyl sites for hydroxylation is 1. The van der Waals surface area contributed by atoms with Gasteiger partial charge in [0.05, 0.1) is 10.6 Å². The lowest BCUT2D eigenvalue weighted by Gasteiger charge is -2.33. The molecule has 0 aliphatic rings. The van der Waals surface area contributed by atoms with E-state index in [1.165, 1.54) is 17.0 Å². The Hall–Kier alpha value is -3.07. The standard InChI is InChI=1S/C29H33Cl2N3O4S/c1-5-26(29(36)32-6-2)33(18-22-15-16-23(30)17-25(22)31)28(35)19-34(27-14-10-11-20(3)21(27)4)39(37,38)24-12-8-7-9-13-24/h7-17,26H,5-6,18-19H2,1-4H3,(H,32,36). The highest BCUT2D eigenvalue weighted by molar-refractivity contribution is 7.92. The number of nitrogens with one attached hydrogen (secondary N) is 1. The Bertz CT molecular complexity index is 1430. The number of nitrogens with zero attached hydrogens (tertiary/aromatic N) is 2. The van der Waals surface area contributed by atoms with Crippen molar-refractivity contribution in [2.45, 2.75) is 51.6 Å². The Kier molecular flexibility index (Phi) is 10.4.